The summed E-state index contributed by atoms with van der Waals surface area (Å²) < 4.78 is 13.3. The number of benzene rings is 1. The zero-order valence-corrected chi connectivity index (χ0v) is 11.4. The van der Waals surface area contributed by atoms with Crippen molar-refractivity contribution in [1.82, 2.24) is 5.32 Å². The second-order valence-corrected chi connectivity index (χ2v) is 4.92. The number of rotatable bonds is 5. The number of hydrogen-bond donors (Lipinski definition) is 5. The van der Waals surface area contributed by atoms with Crippen molar-refractivity contribution < 1.29 is 24.5 Å². The summed E-state index contributed by atoms with van der Waals surface area (Å²) in [5.41, 5.74) is 3.62. The molecule has 6 N–H and O–H groups in total. The molecule has 1 aromatic rings. The van der Waals surface area contributed by atoms with Crippen molar-refractivity contribution in [2.75, 3.05) is 25.6 Å². The summed E-state index contributed by atoms with van der Waals surface area (Å²) in [6.45, 7) is -1.96. The van der Waals surface area contributed by atoms with Gasteiger partial charge in [0, 0.05) is 4.47 Å². The molecule has 8 heteroatoms. The number of nitrogens with one attached hydrogen (secondary N) is 1. The summed E-state index contributed by atoms with van der Waals surface area (Å²) >= 11 is 3.01. The molecule has 0 aromatic heterocycles. The van der Waals surface area contributed by atoms with Gasteiger partial charge < -0.3 is 26.4 Å². The average molecular weight is 337 g/mol. The third-order valence-corrected chi connectivity index (χ3v) is 3.27. The summed E-state index contributed by atoms with van der Waals surface area (Å²) in [7, 11) is 0. The van der Waals surface area contributed by atoms with E-state index in [1.807, 2.05) is 0 Å². The van der Waals surface area contributed by atoms with Crippen LogP contribution >= 0.6 is 15.9 Å². The highest BCUT2D eigenvalue weighted by Gasteiger charge is 2.31. The van der Waals surface area contributed by atoms with Crippen LogP contribution in [0.4, 0.5) is 10.1 Å². The molecule has 1 rings (SSSR count). The van der Waals surface area contributed by atoms with Gasteiger partial charge in [0.1, 0.15) is 11.4 Å². The van der Waals surface area contributed by atoms with Crippen molar-refractivity contribution in [3.05, 3.63) is 28.0 Å². The van der Waals surface area contributed by atoms with E-state index in [9.17, 15) is 9.18 Å². The second kappa shape index (κ2) is 6.29. The van der Waals surface area contributed by atoms with Crippen LogP contribution in [0.1, 0.15) is 10.4 Å². The average Bonchev–Trinajstić information content (AvgIpc) is 2.40. The monoisotopic (exact) mass is 336 g/mol. The Hall–Kier alpha value is -1.22. The van der Waals surface area contributed by atoms with Crippen molar-refractivity contribution in [2.45, 2.75) is 5.54 Å². The zero-order valence-electron chi connectivity index (χ0n) is 9.86. The van der Waals surface area contributed by atoms with Crippen LogP contribution in [-0.2, 0) is 0 Å². The molecule has 0 saturated heterocycles. The maximum absolute atomic E-state index is 13.2. The molecular formula is C11H14BrFN2O4. The molecule has 0 heterocycles. The van der Waals surface area contributed by atoms with Crippen LogP contribution in [0.2, 0.25) is 0 Å². The fourth-order valence-electron chi connectivity index (χ4n) is 1.32. The van der Waals surface area contributed by atoms with E-state index < -0.39 is 37.1 Å². The minimum Gasteiger partial charge on any atom is -0.396 e. The van der Waals surface area contributed by atoms with Gasteiger partial charge in [0.15, 0.2) is 0 Å². The lowest BCUT2D eigenvalue weighted by Crippen LogP contribution is -2.57. The minimum absolute atomic E-state index is 0.0265. The molecule has 0 saturated carbocycles. The molecule has 0 radical (unpaired) electrons. The van der Waals surface area contributed by atoms with E-state index >= 15 is 0 Å². The molecule has 1 aromatic carbocycles. The van der Waals surface area contributed by atoms with Gasteiger partial charge in [0.05, 0.1) is 31.1 Å². The summed E-state index contributed by atoms with van der Waals surface area (Å²) in [6, 6.07) is 2.15. The Morgan fingerprint density at radius 1 is 1.32 bits per heavy atom. The summed E-state index contributed by atoms with van der Waals surface area (Å²) in [5.74, 6) is -1.39. The van der Waals surface area contributed by atoms with Gasteiger partial charge >= 0.3 is 0 Å². The Labute approximate surface area is 117 Å². The van der Waals surface area contributed by atoms with Gasteiger partial charge in [-0.2, -0.15) is 0 Å². The lowest BCUT2D eigenvalue weighted by Gasteiger charge is -2.28. The summed E-state index contributed by atoms with van der Waals surface area (Å²) in [6.07, 6.45) is 0. The number of nitrogen functional groups attached to an aromatic ring is 1. The van der Waals surface area contributed by atoms with Crippen molar-refractivity contribution in [3.63, 3.8) is 0 Å². The molecule has 106 valence electrons. The highest BCUT2D eigenvalue weighted by atomic mass is 79.9. The summed E-state index contributed by atoms with van der Waals surface area (Å²) in [4.78, 5) is 12.0. The number of hydrogen-bond acceptors (Lipinski definition) is 5. The molecule has 0 atom stereocenters. The van der Waals surface area contributed by atoms with E-state index in [0.29, 0.717) is 0 Å². The number of carbonyl (C=O) groups is 1. The largest absolute Gasteiger partial charge is 0.396 e. The van der Waals surface area contributed by atoms with Crippen LogP contribution in [0, 0.1) is 5.82 Å². The third-order valence-electron chi connectivity index (χ3n) is 2.62. The lowest BCUT2D eigenvalue weighted by atomic mass is 10.0. The number of nitrogens with two attached hydrogens (primary N) is 1. The highest BCUT2D eigenvalue weighted by molar-refractivity contribution is 9.10. The molecule has 19 heavy (non-hydrogen) atoms. The van der Waals surface area contributed by atoms with Crippen LogP contribution < -0.4 is 11.1 Å². The van der Waals surface area contributed by atoms with Crippen LogP contribution in [0.25, 0.3) is 0 Å². The molecular weight excluding hydrogens is 323 g/mol. The van der Waals surface area contributed by atoms with Gasteiger partial charge in [-0.3, -0.25) is 4.79 Å². The number of halogens is 2. The Bertz CT molecular complexity index is 472. The smallest absolute Gasteiger partial charge is 0.253 e. The number of aliphatic hydroxyl groups excluding tert-OH is 3. The van der Waals surface area contributed by atoms with Crippen molar-refractivity contribution in [1.29, 1.82) is 0 Å². The molecule has 0 spiro atoms. The van der Waals surface area contributed by atoms with E-state index in [-0.39, 0.29) is 15.7 Å². The molecule has 0 bridgehead atoms. The first-order chi connectivity index (χ1) is 8.89. The van der Waals surface area contributed by atoms with E-state index in [4.69, 9.17) is 21.1 Å². The normalized spacial score (nSPS) is 11.4. The standard InChI is InChI=1S/C11H14BrFN2O4/c12-7-2-8(13)9(14)1-6(7)10(19)15-11(3-16,4-17)5-18/h1-2,16-18H,3-5,14H2,(H,15,19). The first-order valence-electron chi connectivity index (χ1n) is 5.28. The number of aliphatic hydroxyl groups is 3. The van der Waals surface area contributed by atoms with Crippen molar-refractivity contribution in [3.8, 4) is 0 Å². The van der Waals surface area contributed by atoms with Crippen LogP contribution in [0.5, 0.6) is 0 Å². The van der Waals surface area contributed by atoms with Crippen LogP contribution in [0.3, 0.4) is 0 Å². The SMILES string of the molecule is Nc1cc(C(=O)NC(CO)(CO)CO)c(Br)cc1F. The van der Waals surface area contributed by atoms with Gasteiger partial charge in [-0.1, -0.05) is 0 Å². The van der Waals surface area contributed by atoms with Crippen LogP contribution in [-0.4, -0.2) is 46.6 Å². The second-order valence-electron chi connectivity index (χ2n) is 4.06. The van der Waals surface area contributed by atoms with Gasteiger partial charge in [-0.25, -0.2) is 4.39 Å². The van der Waals surface area contributed by atoms with Crippen molar-refractivity contribution in [2.24, 2.45) is 0 Å². The maximum atomic E-state index is 13.2. The fourth-order valence-corrected chi connectivity index (χ4v) is 1.81. The molecule has 0 aliphatic carbocycles. The van der Waals surface area contributed by atoms with E-state index in [1.54, 1.807) is 0 Å². The maximum Gasteiger partial charge on any atom is 0.253 e. The molecule has 0 unspecified atom stereocenters. The third kappa shape index (κ3) is 3.41. The number of anilines is 1. The molecule has 0 aliphatic rings. The van der Waals surface area contributed by atoms with Gasteiger partial charge in [-0.05, 0) is 28.1 Å². The van der Waals surface area contributed by atoms with E-state index in [0.717, 1.165) is 12.1 Å². The van der Waals surface area contributed by atoms with E-state index in [1.165, 1.54) is 0 Å². The van der Waals surface area contributed by atoms with Gasteiger partial charge in [0.2, 0.25) is 0 Å². The predicted molar refractivity (Wildman–Crippen MR) is 70.0 cm³/mol. The first-order valence-corrected chi connectivity index (χ1v) is 6.08. The lowest BCUT2D eigenvalue weighted by molar-refractivity contribution is 0.0375. The molecule has 0 fully saturated rings. The fraction of sp³-hybridized carbons (Fsp3) is 0.364. The Kier molecular flexibility index (Phi) is 5.24. The van der Waals surface area contributed by atoms with Gasteiger partial charge in [-0.15, -0.1) is 0 Å². The Morgan fingerprint density at radius 2 is 1.84 bits per heavy atom. The molecule has 6 nitrogen and oxygen atoms in total. The Balaban J connectivity index is 3.04. The molecule has 0 aliphatic heterocycles. The highest BCUT2D eigenvalue weighted by Crippen LogP contribution is 2.23. The van der Waals surface area contributed by atoms with Crippen molar-refractivity contribution >= 4 is 27.5 Å². The van der Waals surface area contributed by atoms with E-state index in [2.05, 4.69) is 21.2 Å². The topological polar surface area (TPSA) is 116 Å². The number of carbonyl (C=O) groups excluding carboxylic acids is 1. The zero-order chi connectivity index (χ0) is 14.6. The minimum atomic E-state index is -1.56. The quantitative estimate of drug-likeness (QED) is 0.470. The molecule has 1 amide bonds. The summed E-state index contributed by atoms with van der Waals surface area (Å²) in [5, 5.41) is 29.6. The van der Waals surface area contributed by atoms with Crippen LogP contribution in [0.15, 0.2) is 16.6 Å². The Morgan fingerprint density at radius 3 is 2.32 bits per heavy atom. The van der Waals surface area contributed by atoms with Gasteiger partial charge in [0.25, 0.3) is 5.91 Å². The number of amides is 1. The predicted octanol–water partition coefficient (Wildman–Crippen LogP) is -0.384. The first kappa shape index (κ1) is 15.8.